The van der Waals surface area contributed by atoms with E-state index in [2.05, 4.69) is 10.2 Å². The van der Waals surface area contributed by atoms with Crippen molar-refractivity contribution in [2.24, 2.45) is 0 Å². The Balaban J connectivity index is 1.62. The number of benzene rings is 1. The molecule has 6 nitrogen and oxygen atoms in total. The molecule has 0 unspecified atom stereocenters. The maximum absolute atomic E-state index is 12.0. The molecule has 6 heteroatoms. The molecule has 0 radical (unpaired) electrons. The van der Waals surface area contributed by atoms with Gasteiger partial charge in [-0.3, -0.25) is 4.68 Å². The van der Waals surface area contributed by atoms with Gasteiger partial charge in [-0.25, -0.2) is 9.48 Å². The van der Waals surface area contributed by atoms with Gasteiger partial charge in [-0.15, -0.1) is 0 Å². The molecule has 0 bridgehead atoms. The fourth-order valence-corrected chi connectivity index (χ4v) is 2.38. The van der Waals surface area contributed by atoms with Gasteiger partial charge in [0.2, 0.25) is 0 Å². The van der Waals surface area contributed by atoms with E-state index in [0.717, 1.165) is 17.1 Å². The number of carbonyl (C=O) groups is 1. The van der Waals surface area contributed by atoms with E-state index in [-0.39, 0.29) is 5.97 Å². The van der Waals surface area contributed by atoms with E-state index < -0.39 is 0 Å². The van der Waals surface area contributed by atoms with Crippen LogP contribution in [0.25, 0.3) is 5.69 Å². The molecule has 0 N–H and O–H groups in total. The van der Waals surface area contributed by atoms with Gasteiger partial charge in [-0.05, 0) is 50.2 Å². The zero-order valence-electron chi connectivity index (χ0n) is 13.1. The molecule has 0 aliphatic heterocycles. The molecule has 2 aromatic heterocycles. The van der Waals surface area contributed by atoms with Gasteiger partial charge in [0.05, 0.1) is 23.5 Å². The molecular formula is C17H18N4O2. The SMILES string of the molecule is Cc1cc(C)n(-c2ccc(C(=O)OCCn3cccn3)cc2)n1. The van der Waals surface area contributed by atoms with Crippen LogP contribution in [-0.2, 0) is 11.3 Å². The first-order valence-corrected chi connectivity index (χ1v) is 7.42. The van der Waals surface area contributed by atoms with E-state index in [9.17, 15) is 4.79 Å². The molecule has 23 heavy (non-hydrogen) atoms. The molecule has 0 aliphatic carbocycles. The van der Waals surface area contributed by atoms with Crippen LogP contribution in [0.3, 0.4) is 0 Å². The zero-order valence-corrected chi connectivity index (χ0v) is 13.1. The first kappa shape index (κ1) is 15.0. The van der Waals surface area contributed by atoms with Gasteiger partial charge >= 0.3 is 5.97 Å². The van der Waals surface area contributed by atoms with Crippen molar-refractivity contribution in [3.63, 3.8) is 0 Å². The number of rotatable bonds is 5. The summed E-state index contributed by atoms with van der Waals surface area (Å²) in [5.41, 5.74) is 3.46. The van der Waals surface area contributed by atoms with Crippen molar-refractivity contribution in [1.82, 2.24) is 19.6 Å². The molecule has 3 rings (SSSR count). The number of hydrogen-bond acceptors (Lipinski definition) is 4. The highest BCUT2D eigenvalue weighted by Gasteiger charge is 2.09. The topological polar surface area (TPSA) is 61.9 Å². The lowest BCUT2D eigenvalue weighted by atomic mass is 10.2. The molecule has 0 saturated heterocycles. The van der Waals surface area contributed by atoms with Crippen molar-refractivity contribution >= 4 is 5.97 Å². The summed E-state index contributed by atoms with van der Waals surface area (Å²) in [6.45, 7) is 4.79. The second kappa shape index (κ2) is 6.48. The van der Waals surface area contributed by atoms with Crippen LogP contribution in [-0.4, -0.2) is 32.1 Å². The van der Waals surface area contributed by atoms with Crippen molar-refractivity contribution in [2.45, 2.75) is 20.4 Å². The highest BCUT2D eigenvalue weighted by atomic mass is 16.5. The molecule has 0 atom stereocenters. The lowest BCUT2D eigenvalue weighted by Gasteiger charge is -2.07. The summed E-state index contributed by atoms with van der Waals surface area (Å²) in [6, 6.07) is 11.1. The van der Waals surface area contributed by atoms with Gasteiger partial charge in [-0.1, -0.05) is 0 Å². The van der Waals surface area contributed by atoms with Crippen LogP contribution >= 0.6 is 0 Å². The summed E-state index contributed by atoms with van der Waals surface area (Å²) in [4.78, 5) is 12.0. The number of ether oxygens (including phenoxy) is 1. The number of nitrogens with zero attached hydrogens (tertiary/aromatic N) is 4. The molecule has 0 amide bonds. The number of esters is 1. The molecule has 0 spiro atoms. The third-order valence-electron chi connectivity index (χ3n) is 3.47. The summed E-state index contributed by atoms with van der Waals surface area (Å²) in [7, 11) is 0. The Morgan fingerprint density at radius 2 is 2.00 bits per heavy atom. The predicted molar refractivity (Wildman–Crippen MR) is 85.5 cm³/mol. The van der Waals surface area contributed by atoms with E-state index >= 15 is 0 Å². The number of carbonyl (C=O) groups excluding carboxylic acids is 1. The number of aryl methyl sites for hydroxylation is 2. The maximum atomic E-state index is 12.0. The number of hydrogen-bond donors (Lipinski definition) is 0. The summed E-state index contributed by atoms with van der Waals surface area (Å²) in [5.74, 6) is -0.336. The Kier molecular flexibility index (Phi) is 4.23. The Labute approximate surface area is 134 Å². The third kappa shape index (κ3) is 3.48. The standard InChI is InChI=1S/C17H18N4O2/c1-13-12-14(2)21(19-13)16-6-4-15(5-7-16)17(22)23-11-10-20-9-3-8-18-20/h3-9,12H,10-11H2,1-2H3. The first-order chi connectivity index (χ1) is 11.1. The minimum Gasteiger partial charge on any atom is -0.460 e. The average molecular weight is 310 g/mol. The molecule has 118 valence electrons. The Morgan fingerprint density at radius 1 is 1.22 bits per heavy atom. The average Bonchev–Trinajstić information content (AvgIpc) is 3.17. The lowest BCUT2D eigenvalue weighted by molar-refractivity contribution is 0.0487. The van der Waals surface area contributed by atoms with Gasteiger partial charge in [0.15, 0.2) is 0 Å². The summed E-state index contributed by atoms with van der Waals surface area (Å²) in [6.07, 6.45) is 3.52. The quantitative estimate of drug-likeness (QED) is 0.679. The largest absolute Gasteiger partial charge is 0.460 e. The highest BCUT2D eigenvalue weighted by Crippen LogP contribution is 2.13. The van der Waals surface area contributed by atoms with Gasteiger partial charge in [0.25, 0.3) is 0 Å². The Bertz CT molecular complexity index is 789. The van der Waals surface area contributed by atoms with Crippen LogP contribution in [0, 0.1) is 13.8 Å². The van der Waals surface area contributed by atoms with Crippen LogP contribution in [0.2, 0.25) is 0 Å². The molecule has 0 saturated carbocycles. The molecule has 3 aromatic rings. The summed E-state index contributed by atoms with van der Waals surface area (Å²) in [5, 5.41) is 8.48. The second-order valence-corrected chi connectivity index (χ2v) is 5.29. The van der Waals surface area contributed by atoms with Gasteiger partial charge < -0.3 is 4.74 Å². The normalized spacial score (nSPS) is 10.7. The van der Waals surface area contributed by atoms with E-state index in [4.69, 9.17) is 4.74 Å². The lowest BCUT2D eigenvalue weighted by Crippen LogP contribution is -2.12. The van der Waals surface area contributed by atoms with E-state index in [1.807, 2.05) is 49.0 Å². The molecule has 0 aliphatic rings. The van der Waals surface area contributed by atoms with Crippen molar-refractivity contribution in [1.29, 1.82) is 0 Å². The van der Waals surface area contributed by atoms with Crippen LogP contribution in [0.5, 0.6) is 0 Å². The van der Waals surface area contributed by atoms with Gasteiger partial charge in [0.1, 0.15) is 6.61 Å². The molecular weight excluding hydrogens is 292 g/mol. The highest BCUT2D eigenvalue weighted by molar-refractivity contribution is 5.89. The Morgan fingerprint density at radius 3 is 2.61 bits per heavy atom. The predicted octanol–water partition coefficient (Wildman–Crippen LogP) is 2.54. The first-order valence-electron chi connectivity index (χ1n) is 7.42. The van der Waals surface area contributed by atoms with Crippen LogP contribution in [0.15, 0.2) is 48.8 Å². The monoisotopic (exact) mass is 310 g/mol. The van der Waals surface area contributed by atoms with Crippen molar-refractivity contribution in [3.8, 4) is 5.69 Å². The fraction of sp³-hybridized carbons (Fsp3) is 0.235. The van der Waals surface area contributed by atoms with E-state index in [1.54, 1.807) is 23.0 Å². The van der Waals surface area contributed by atoms with Crippen LogP contribution in [0.4, 0.5) is 0 Å². The van der Waals surface area contributed by atoms with Crippen LogP contribution in [0.1, 0.15) is 21.7 Å². The van der Waals surface area contributed by atoms with Crippen LogP contribution < -0.4 is 0 Å². The summed E-state index contributed by atoms with van der Waals surface area (Å²) >= 11 is 0. The summed E-state index contributed by atoms with van der Waals surface area (Å²) < 4.78 is 8.82. The minimum absolute atomic E-state index is 0.291. The second-order valence-electron chi connectivity index (χ2n) is 5.29. The minimum atomic E-state index is -0.336. The molecule has 1 aromatic carbocycles. The van der Waals surface area contributed by atoms with Gasteiger partial charge in [-0.2, -0.15) is 10.2 Å². The zero-order chi connectivity index (χ0) is 16.2. The number of aromatic nitrogens is 4. The van der Waals surface area contributed by atoms with Crippen molar-refractivity contribution in [2.75, 3.05) is 6.61 Å². The van der Waals surface area contributed by atoms with E-state index in [0.29, 0.717) is 18.7 Å². The molecule has 0 fully saturated rings. The third-order valence-corrected chi connectivity index (χ3v) is 3.47. The Hall–Kier alpha value is -2.89. The van der Waals surface area contributed by atoms with E-state index in [1.165, 1.54) is 0 Å². The fourth-order valence-electron chi connectivity index (χ4n) is 2.38. The van der Waals surface area contributed by atoms with Crippen molar-refractivity contribution in [3.05, 3.63) is 65.7 Å². The maximum Gasteiger partial charge on any atom is 0.338 e. The molecule has 2 heterocycles. The van der Waals surface area contributed by atoms with Gasteiger partial charge in [0, 0.05) is 18.1 Å². The van der Waals surface area contributed by atoms with Crippen molar-refractivity contribution < 1.29 is 9.53 Å². The smallest absolute Gasteiger partial charge is 0.338 e.